The Bertz CT molecular complexity index is 149. The number of hydrogen-bond acceptors (Lipinski definition) is 2. The van der Waals surface area contributed by atoms with Gasteiger partial charge in [-0.25, -0.2) is 0 Å². The van der Waals surface area contributed by atoms with Gasteiger partial charge in [-0.1, -0.05) is 6.92 Å². The number of rotatable bonds is 6. The topological polar surface area (TPSA) is 23.5 Å². The molecule has 0 aromatic carbocycles. The second-order valence-corrected chi connectivity index (χ2v) is 4.51. The van der Waals surface area contributed by atoms with E-state index in [1.165, 1.54) is 38.6 Å². The molecule has 1 aliphatic heterocycles. The fraction of sp³-hybridized carbons (Fsp3) is 1.00. The van der Waals surface area contributed by atoms with Gasteiger partial charge >= 0.3 is 0 Å². The predicted molar refractivity (Wildman–Crippen MR) is 60.4 cm³/mol. The molecule has 2 nitrogen and oxygen atoms in total. The summed E-state index contributed by atoms with van der Waals surface area (Å²) in [6, 6.07) is 1.62. The molecule has 84 valence electrons. The molecule has 0 bridgehead atoms. The highest BCUT2D eigenvalue weighted by Crippen LogP contribution is 2.26. The van der Waals surface area contributed by atoms with Gasteiger partial charge in [-0.3, -0.25) is 4.90 Å². The number of likely N-dealkylation sites (tertiary alicyclic amines) is 1. The Kier molecular flexibility index (Phi) is 5.49. The van der Waals surface area contributed by atoms with Crippen LogP contribution < -0.4 is 0 Å². The van der Waals surface area contributed by atoms with Gasteiger partial charge in [-0.05, 0) is 52.0 Å². The van der Waals surface area contributed by atoms with Crippen LogP contribution in [0, 0.1) is 0 Å². The maximum Gasteiger partial charge on any atom is 0.0431 e. The van der Waals surface area contributed by atoms with Crippen molar-refractivity contribution in [2.75, 3.05) is 13.2 Å². The summed E-state index contributed by atoms with van der Waals surface area (Å²) in [7, 11) is 0. The molecule has 0 spiro atoms. The predicted octanol–water partition coefficient (Wildman–Crippen LogP) is 2.41. The van der Waals surface area contributed by atoms with Crippen LogP contribution in [0.15, 0.2) is 0 Å². The largest absolute Gasteiger partial charge is 0.396 e. The van der Waals surface area contributed by atoms with Crippen LogP contribution in [0.25, 0.3) is 0 Å². The molecule has 0 radical (unpaired) electrons. The summed E-state index contributed by atoms with van der Waals surface area (Å²) in [5.41, 5.74) is 0. The van der Waals surface area contributed by atoms with Crippen LogP contribution in [-0.2, 0) is 0 Å². The molecule has 0 aliphatic carbocycles. The van der Waals surface area contributed by atoms with E-state index in [9.17, 15) is 0 Å². The Morgan fingerprint density at radius 3 is 2.64 bits per heavy atom. The van der Waals surface area contributed by atoms with Crippen molar-refractivity contribution in [3.05, 3.63) is 0 Å². The maximum atomic E-state index is 8.69. The van der Waals surface area contributed by atoms with Gasteiger partial charge in [0.05, 0.1) is 0 Å². The lowest BCUT2D eigenvalue weighted by Crippen LogP contribution is -2.34. The molecular weight excluding hydrogens is 174 g/mol. The number of nitrogens with zero attached hydrogens (tertiary/aromatic N) is 1. The average Bonchev–Trinajstić information content (AvgIpc) is 2.55. The third kappa shape index (κ3) is 3.25. The van der Waals surface area contributed by atoms with Gasteiger partial charge in [0.2, 0.25) is 0 Å². The van der Waals surface area contributed by atoms with Crippen molar-refractivity contribution in [2.24, 2.45) is 0 Å². The Hall–Kier alpha value is -0.0800. The molecule has 2 atom stereocenters. The second-order valence-electron chi connectivity index (χ2n) is 4.51. The quantitative estimate of drug-likeness (QED) is 0.664. The summed E-state index contributed by atoms with van der Waals surface area (Å²) in [6.45, 7) is 6.23. The molecular formula is C12H25NO. The molecule has 2 unspecified atom stereocenters. The second kappa shape index (κ2) is 6.41. The lowest BCUT2D eigenvalue weighted by atomic mass is 10.1. The van der Waals surface area contributed by atoms with Crippen molar-refractivity contribution >= 4 is 0 Å². The number of aliphatic hydroxyl groups is 1. The van der Waals surface area contributed by atoms with Crippen molar-refractivity contribution in [2.45, 2.75) is 64.5 Å². The van der Waals surface area contributed by atoms with E-state index in [1.807, 2.05) is 0 Å². The van der Waals surface area contributed by atoms with Gasteiger partial charge in [0.1, 0.15) is 0 Å². The highest BCUT2D eigenvalue weighted by molar-refractivity contribution is 4.83. The van der Waals surface area contributed by atoms with Gasteiger partial charge < -0.3 is 5.11 Å². The van der Waals surface area contributed by atoms with E-state index in [-0.39, 0.29) is 0 Å². The van der Waals surface area contributed by atoms with E-state index in [1.54, 1.807) is 0 Å². The van der Waals surface area contributed by atoms with Crippen molar-refractivity contribution in [3.8, 4) is 0 Å². The molecule has 2 heteroatoms. The first kappa shape index (κ1) is 12.0. The van der Waals surface area contributed by atoms with Crippen LogP contribution in [0.4, 0.5) is 0 Å². The van der Waals surface area contributed by atoms with E-state index in [0.29, 0.717) is 6.61 Å². The van der Waals surface area contributed by atoms with Crippen LogP contribution in [0.1, 0.15) is 52.4 Å². The highest BCUT2D eigenvalue weighted by Gasteiger charge is 2.28. The third-order valence-electron chi connectivity index (χ3n) is 3.50. The fourth-order valence-corrected chi connectivity index (χ4v) is 2.55. The lowest BCUT2D eigenvalue weighted by molar-refractivity contribution is 0.191. The summed E-state index contributed by atoms with van der Waals surface area (Å²) in [5.74, 6) is 0. The van der Waals surface area contributed by atoms with Gasteiger partial charge in [0.15, 0.2) is 0 Å². The van der Waals surface area contributed by atoms with E-state index in [0.717, 1.165) is 18.5 Å². The molecule has 1 heterocycles. The van der Waals surface area contributed by atoms with Gasteiger partial charge in [0, 0.05) is 18.7 Å². The molecule has 1 fully saturated rings. The van der Waals surface area contributed by atoms with Crippen LogP contribution in [-0.4, -0.2) is 35.2 Å². The summed E-state index contributed by atoms with van der Waals surface area (Å²) >= 11 is 0. The molecule has 0 amide bonds. The standard InChI is InChI=1S/C12H25NO/c1-3-12-8-7-11(2)13(12)9-5-4-6-10-14/h11-12,14H,3-10H2,1-2H3. The number of aliphatic hydroxyl groups excluding tert-OH is 1. The highest BCUT2D eigenvalue weighted by atomic mass is 16.2. The van der Waals surface area contributed by atoms with E-state index in [2.05, 4.69) is 18.7 Å². The first-order chi connectivity index (χ1) is 6.79. The molecule has 14 heavy (non-hydrogen) atoms. The Labute approximate surface area is 88.3 Å². The van der Waals surface area contributed by atoms with Crippen LogP contribution >= 0.6 is 0 Å². The minimum Gasteiger partial charge on any atom is -0.396 e. The van der Waals surface area contributed by atoms with Gasteiger partial charge in [0.25, 0.3) is 0 Å². The number of unbranched alkanes of at least 4 members (excludes halogenated alkanes) is 2. The molecule has 1 rings (SSSR count). The molecule has 1 aliphatic rings. The maximum absolute atomic E-state index is 8.69. The third-order valence-corrected chi connectivity index (χ3v) is 3.50. The van der Waals surface area contributed by atoms with Gasteiger partial charge in [-0.2, -0.15) is 0 Å². The smallest absolute Gasteiger partial charge is 0.0431 e. The van der Waals surface area contributed by atoms with E-state index >= 15 is 0 Å². The molecule has 0 aromatic heterocycles. The summed E-state index contributed by atoms with van der Waals surface area (Å²) in [6.07, 6.45) is 7.46. The van der Waals surface area contributed by atoms with Crippen LogP contribution in [0.5, 0.6) is 0 Å². The zero-order valence-electron chi connectivity index (χ0n) is 9.71. The van der Waals surface area contributed by atoms with Crippen LogP contribution in [0.2, 0.25) is 0 Å². The van der Waals surface area contributed by atoms with E-state index in [4.69, 9.17) is 5.11 Å². The van der Waals surface area contributed by atoms with E-state index < -0.39 is 0 Å². The first-order valence-corrected chi connectivity index (χ1v) is 6.16. The molecule has 1 saturated heterocycles. The zero-order chi connectivity index (χ0) is 10.4. The van der Waals surface area contributed by atoms with Crippen molar-refractivity contribution < 1.29 is 5.11 Å². The zero-order valence-corrected chi connectivity index (χ0v) is 9.71. The molecule has 1 N–H and O–H groups in total. The van der Waals surface area contributed by atoms with Crippen molar-refractivity contribution in [1.29, 1.82) is 0 Å². The summed E-state index contributed by atoms with van der Waals surface area (Å²) < 4.78 is 0. The van der Waals surface area contributed by atoms with Crippen molar-refractivity contribution in [1.82, 2.24) is 4.90 Å². The van der Waals surface area contributed by atoms with Gasteiger partial charge in [-0.15, -0.1) is 0 Å². The minimum absolute atomic E-state index is 0.354. The average molecular weight is 199 g/mol. The van der Waals surface area contributed by atoms with Crippen LogP contribution in [0.3, 0.4) is 0 Å². The fourth-order valence-electron chi connectivity index (χ4n) is 2.55. The summed E-state index contributed by atoms with van der Waals surface area (Å²) in [4.78, 5) is 2.66. The lowest BCUT2D eigenvalue weighted by Gasteiger charge is -2.27. The minimum atomic E-state index is 0.354. The normalized spacial score (nSPS) is 28.5. The molecule has 0 aromatic rings. The Balaban J connectivity index is 2.19. The summed E-state index contributed by atoms with van der Waals surface area (Å²) in [5, 5.41) is 8.69. The monoisotopic (exact) mass is 199 g/mol. The Morgan fingerprint density at radius 2 is 2.00 bits per heavy atom. The molecule has 0 saturated carbocycles. The number of hydrogen-bond donors (Lipinski definition) is 1. The van der Waals surface area contributed by atoms with Crippen molar-refractivity contribution in [3.63, 3.8) is 0 Å². The first-order valence-electron chi connectivity index (χ1n) is 6.16. The Morgan fingerprint density at radius 1 is 1.21 bits per heavy atom. The SMILES string of the molecule is CCC1CCC(C)N1CCCCCO.